The number of hydrogen-bond donors (Lipinski definition) is 4. The molecule has 1 fully saturated rings. The number of likely N-dealkylation sites (tertiary alicyclic amines) is 1. The topological polar surface area (TPSA) is 166 Å². The maximum absolute atomic E-state index is 13.0. The largest absolute Gasteiger partial charge is 0.508 e. The van der Waals surface area contributed by atoms with Crippen molar-refractivity contribution in [3.8, 4) is 5.75 Å². The highest BCUT2D eigenvalue weighted by molar-refractivity contribution is 7.91. The smallest absolute Gasteiger partial charge is 0.493 e. The first-order chi connectivity index (χ1) is 18.2. The lowest BCUT2D eigenvalue weighted by atomic mass is 10.1. The van der Waals surface area contributed by atoms with Crippen LogP contribution in [0.5, 0.6) is 5.75 Å². The van der Waals surface area contributed by atoms with Crippen LogP contribution in [0, 0.1) is 5.41 Å². The summed E-state index contributed by atoms with van der Waals surface area (Å²) < 4.78 is 65.4. The number of amidine groups is 1. The van der Waals surface area contributed by atoms with Gasteiger partial charge >= 0.3 is 12.1 Å². The summed E-state index contributed by atoms with van der Waals surface area (Å²) in [7, 11) is -4.09. The van der Waals surface area contributed by atoms with Gasteiger partial charge in [0, 0.05) is 35.3 Å². The number of aromatic hydroxyl groups is 1. The fraction of sp³-hybridized carbons (Fsp3) is 0.261. The average Bonchev–Trinajstić information content (AvgIpc) is 3.49. The van der Waals surface area contributed by atoms with Crippen LogP contribution in [-0.4, -0.2) is 66.5 Å². The number of nitrogens with two attached hydrogens (primary N) is 1. The van der Waals surface area contributed by atoms with Crippen LogP contribution >= 0.6 is 11.3 Å². The zero-order chi connectivity index (χ0) is 28.5. The maximum atomic E-state index is 13.0. The lowest BCUT2D eigenvalue weighted by molar-refractivity contribution is -0.228. The number of carbonyl (C=O) groups is 2. The van der Waals surface area contributed by atoms with Gasteiger partial charge in [0.15, 0.2) is 0 Å². The summed E-state index contributed by atoms with van der Waals surface area (Å²) in [6.45, 7) is 0.0602. The second kappa shape index (κ2) is 10.7. The van der Waals surface area contributed by atoms with Gasteiger partial charge in [-0.25, -0.2) is 18.3 Å². The molecule has 3 heterocycles. The minimum atomic E-state index is -5.14. The van der Waals surface area contributed by atoms with Crippen molar-refractivity contribution in [3.63, 3.8) is 0 Å². The van der Waals surface area contributed by atoms with Gasteiger partial charge in [0.2, 0.25) is 5.91 Å². The molecule has 1 saturated heterocycles. The third kappa shape index (κ3) is 6.40. The van der Waals surface area contributed by atoms with Crippen LogP contribution < -0.4 is 10.5 Å². The summed E-state index contributed by atoms with van der Waals surface area (Å²) in [6, 6.07) is 6.16. The third-order valence-electron chi connectivity index (χ3n) is 5.82. The Balaban J connectivity index is 1.38. The molecule has 1 amide bonds. The summed E-state index contributed by atoms with van der Waals surface area (Å²) in [5.41, 5.74) is 6.73. The molecular formula is C23H22F3N5O6S2. The van der Waals surface area contributed by atoms with E-state index in [1.165, 1.54) is 47.4 Å². The van der Waals surface area contributed by atoms with Crippen molar-refractivity contribution in [3.05, 3.63) is 64.7 Å². The van der Waals surface area contributed by atoms with E-state index in [4.69, 9.17) is 11.1 Å². The molecule has 1 aromatic heterocycles. The number of benzene rings is 1. The van der Waals surface area contributed by atoms with Crippen LogP contribution in [0.2, 0.25) is 0 Å². The molecule has 0 saturated carbocycles. The first-order valence-electron chi connectivity index (χ1n) is 11.3. The molecule has 0 aliphatic carbocycles. The lowest BCUT2D eigenvalue weighted by Crippen LogP contribution is -2.41. The van der Waals surface area contributed by atoms with Gasteiger partial charge in [-0.3, -0.25) is 10.2 Å². The molecule has 16 heteroatoms. The molecule has 2 aliphatic heterocycles. The molecule has 4 rings (SSSR count). The summed E-state index contributed by atoms with van der Waals surface area (Å²) in [6.07, 6.45) is -0.974. The number of phenolic OH excluding ortho intramolecular Hbond substituents is 1. The predicted octanol–water partition coefficient (Wildman–Crippen LogP) is 2.05. The quantitative estimate of drug-likeness (QED) is 0.270. The van der Waals surface area contributed by atoms with Crippen LogP contribution in [0.15, 0.2) is 52.9 Å². The monoisotopic (exact) mass is 585 g/mol. The number of nitrogens with one attached hydrogen (secondary N) is 2. The molecule has 2 aromatic rings. The fourth-order valence-corrected chi connectivity index (χ4v) is 6.41. The number of hydrogen-bond acceptors (Lipinski definition) is 9. The first kappa shape index (κ1) is 28.1. The molecule has 39 heavy (non-hydrogen) atoms. The van der Waals surface area contributed by atoms with Gasteiger partial charge in [-0.15, -0.1) is 11.3 Å². The highest BCUT2D eigenvalue weighted by Crippen LogP contribution is 2.31. The Morgan fingerprint density at radius 3 is 2.67 bits per heavy atom. The van der Waals surface area contributed by atoms with Gasteiger partial charge in [-0.05, 0) is 48.4 Å². The molecule has 0 bridgehead atoms. The van der Waals surface area contributed by atoms with Gasteiger partial charge in [-0.2, -0.15) is 17.9 Å². The van der Waals surface area contributed by atoms with Crippen LogP contribution in [0.1, 0.15) is 22.4 Å². The van der Waals surface area contributed by atoms with E-state index in [1.54, 1.807) is 0 Å². The number of sulfonamides is 1. The Hall–Kier alpha value is -3.89. The van der Waals surface area contributed by atoms with Crippen LogP contribution in [0.4, 0.5) is 13.2 Å². The zero-order valence-corrected chi connectivity index (χ0v) is 21.6. The van der Waals surface area contributed by atoms with E-state index in [0.29, 0.717) is 26.6 Å². The lowest BCUT2D eigenvalue weighted by Gasteiger charge is -2.21. The fourth-order valence-electron chi connectivity index (χ4n) is 3.85. The van der Waals surface area contributed by atoms with Crippen molar-refractivity contribution in [1.29, 1.82) is 5.41 Å². The van der Waals surface area contributed by atoms with E-state index in [-0.39, 0.29) is 41.8 Å². The van der Waals surface area contributed by atoms with Gasteiger partial charge in [-0.1, -0.05) is 6.08 Å². The molecule has 0 spiro atoms. The van der Waals surface area contributed by atoms with Crippen LogP contribution in [-0.2, 0) is 31.0 Å². The van der Waals surface area contributed by atoms with E-state index in [9.17, 15) is 36.3 Å². The summed E-state index contributed by atoms with van der Waals surface area (Å²) in [5, 5.41) is 18.4. The van der Waals surface area contributed by atoms with Crippen molar-refractivity contribution in [2.75, 3.05) is 13.1 Å². The molecule has 0 unspecified atom stereocenters. The van der Waals surface area contributed by atoms with Crippen LogP contribution in [0.3, 0.4) is 0 Å². The summed E-state index contributed by atoms with van der Waals surface area (Å²) in [5.74, 6) is -3.13. The molecule has 11 nitrogen and oxygen atoms in total. The molecule has 5 N–H and O–H groups in total. The number of nitrogens with zero attached hydrogens (tertiary/aromatic N) is 2. The number of thiophene rings is 1. The van der Waals surface area contributed by atoms with E-state index < -0.39 is 34.1 Å². The Kier molecular flexibility index (Phi) is 7.72. The molecular weight excluding hydrogens is 563 g/mol. The normalized spacial score (nSPS) is 17.9. The average molecular weight is 586 g/mol. The third-order valence-corrected chi connectivity index (χ3v) is 8.92. The number of allylic oxidation sites excluding steroid dienone is 2. The van der Waals surface area contributed by atoms with Gasteiger partial charge in [0.05, 0.1) is 6.54 Å². The molecule has 0 radical (unpaired) electrons. The van der Waals surface area contributed by atoms with Crippen molar-refractivity contribution >= 4 is 44.6 Å². The Bertz CT molecular complexity index is 1490. The Morgan fingerprint density at radius 1 is 1.28 bits per heavy atom. The minimum Gasteiger partial charge on any atom is -0.508 e. The molecule has 1 atom stereocenters. The number of halogens is 3. The molecule has 1 aromatic carbocycles. The summed E-state index contributed by atoms with van der Waals surface area (Å²) >= 11 is 0.894. The SMILES string of the molecule is N=C(N)c1ccc(O)c(CN2CC[C@H](NS(=O)(=O)c3ccc(C4=CCN(OC(=O)C(F)(F)F)C=C4)s3)C2=O)c1. The van der Waals surface area contributed by atoms with Crippen LogP contribution in [0.25, 0.3) is 5.57 Å². The minimum absolute atomic E-state index is 0.00293. The van der Waals surface area contributed by atoms with Gasteiger partial charge in [0.1, 0.15) is 21.8 Å². The van der Waals surface area contributed by atoms with Crippen molar-refractivity contribution in [1.82, 2.24) is 14.7 Å². The molecule has 2 aliphatic rings. The number of amides is 1. The zero-order valence-electron chi connectivity index (χ0n) is 19.9. The Labute approximate surface area is 224 Å². The standard InChI is InChI=1S/C23H22F3N5O6S2/c24-23(25,26)22(34)37-31-9-5-13(6-10-31)18-3-4-19(38-18)39(35,36)29-16-7-8-30(21(16)33)12-15-11-14(20(27)28)1-2-17(15)32/h1-6,9,11,16,29,32H,7-8,10,12H2,(H3,27,28)/t16-/m0/s1. The van der Waals surface area contributed by atoms with Crippen molar-refractivity contribution < 1.29 is 41.1 Å². The first-order valence-corrected chi connectivity index (χ1v) is 13.6. The molecule has 208 valence electrons. The highest BCUT2D eigenvalue weighted by atomic mass is 32.2. The van der Waals surface area contributed by atoms with Crippen molar-refractivity contribution in [2.24, 2.45) is 5.73 Å². The second-order valence-corrected chi connectivity index (χ2v) is 11.6. The maximum Gasteiger partial charge on any atom is 0.493 e. The number of hydroxylamine groups is 2. The Morgan fingerprint density at radius 2 is 2.03 bits per heavy atom. The summed E-state index contributed by atoms with van der Waals surface area (Å²) in [4.78, 5) is 30.0. The number of carbonyl (C=O) groups excluding carboxylic acids is 2. The van der Waals surface area contributed by atoms with E-state index >= 15 is 0 Å². The number of alkyl halides is 3. The highest BCUT2D eigenvalue weighted by Gasteiger charge is 2.42. The van der Waals surface area contributed by atoms with E-state index in [1.807, 2.05) is 0 Å². The van der Waals surface area contributed by atoms with Gasteiger partial charge < -0.3 is 20.6 Å². The second-order valence-electron chi connectivity index (χ2n) is 8.55. The van der Waals surface area contributed by atoms with Crippen molar-refractivity contribution in [2.45, 2.75) is 29.4 Å². The predicted molar refractivity (Wildman–Crippen MR) is 134 cm³/mol. The van der Waals surface area contributed by atoms with E-state index in [2.05, 4.69) is 9.56 Å². The number of phenols is 1. The van der Waals surface area contributed by atoms with E-state index in [0.717, 1.165) is 17.5 Å². The number of rotatable bonds is 8. The number of nitrogen functional groups attached to an aromatic ring is 1. The van der Waals surface area contributed by atoms with Gasteiger partial charge in [0.25, 0.3) is 10.0 Å².